The van der Waals surface area contributed by atoms with Crippen molar-refractivity contribution in [2.45, 2.75) is 45.1 Å². The first-order valence-corrected chi connectivity index (χ1v) is 9.77. The smallest absolute Gasteiger partial charge is 0.316 e. The molecule has 2 aliphatic heterocycles. The van der Waals surface area contributed by atoms with Crippen LogP contribution in [0.15, 0.2) is 22.6 Å². The molecule has 142 valence electrons. The molecule has 3 heterocycles. The van der Waals surface area contributed by atoms with Crippen molar-refractivity contribution in [1.29, 1.82) is 0 Å². The fraction of sp³-hybridized carbons (Fsp3) is 0.550. The van der Waals surface area contributed by atoms with Crippen LogP contribution >= 0.6 is 0 Å². The molecular formula is C20H24N4O3. The van der Waals surface area contributed by atoms with E-state index in [2.05, 4.69) is 15.5 Å². The Morgan fingerprint density at radius 1 is 1.22 bits per heavy atom. The minimum atomic E-state index is -0.394. The number of likely N-dealkylation sites (tertiary alicyclic amines) is 1. The highest BCUT2D eigenvalue weighted by Crippen LogP contribution is 2.53. The lowest BCUT2D eigenvalue weighted by molar-refractivity contribution is -0.133. The molecule has 7 heteroatoms. The van der Waals surface area contributed by atoms with Crippen LogP contribution in [0, 0.1) is 5.41 Å². The van der Waals surface area contributed by atoms with Crippen LogP contribution in [0.25, 0.3) is 11.5 Å². The van der Waals surface area contributed by atoms with Gasteiger partial charge in [-0.3, -0.25) is 4.79 Å². The van der Waals surface area contributed by atoms with Gasteiger partial charge < -0.3 is 19.4 Å². The van der Waals surface area contributed by atoms with Crippen LogP contribution < -0.4 is 10.1 Å². The zero-order chi connectivity index (χ0) is 18.4. The van der Waals surface area contributed by atoms with Crippen molar-refractivity contribution in [3.8, 4) is 17.2 Å². The van der Waals surface area contributed by atoms with Crippen molar-refractivity contribution in [2.24, 2.45) is 5.41 Å². The van der Waals surface area contributed by atoms with Crippen LogP contribution in [-0.2, 0) is 11.2 Å². The Hall–Kier alpha value is -2.57. The summed E-state index contributed by atoms with van der Waals surface area (Å²) in [4.78, 5) is 14.7. The van der Waals surface area contributed by atoms with Gasteiger partial charge in [0.1, 0.15) is 11.8 Å². The lowest BCUT2D eigenvalue weighted by Gasteiger charge is -2.33. The largest absolute Gasteiger partial charge is 0.493 e. The van der Waals surface area contributed by atoms with E-state index in [1.54, 1.807) is 0 Å². The molecule has 1 aliphatic carbocycles. The minimum Gasteiger partial charge on any atom is -0.493 e. The summed E-state index contributed by atoms with van der Waals surface area (Å²) in [7, 11) is 0. The van der Waals surface area contributed by atoms with Gasteiger partial charge in [-0.2, -0.15) is 0 Å². The number of amides is 1. The Balaban J connectivity index is 1.23. The lowest BCUT2D eigenvalue weighted by atomic mass is 9.93. The summed E-state index contributed by atoms with van der Waals surface area (Å²) in [5.74, 6) is 1.39. The molecule has 1 atom stereocenters. The molecule has 1 aromatic carbocycles. The van der Waals surface area contributed by atoms with E-state index in [0.29, 0.717) is 17.9 Å². The first kappa shape index (κ1) is 16.6. The van der Waals surface area contributed by atoms with Gasteiger partial charge in [0.15, 0.2) is 0 Å². The minimum absolute atomic E-state index is 0.0937. The average Bonchev–Trinajstić information content (AvgIpc) is 3.10. The third-order valence-corrected chi connectivity index (χ3v) is 6.17. The van der Waals surface area contributed by atoms with Crippen LogP contribution in [0.1, 0.15) is 38.2 Å². The van der Waals surface area contributed by atoms with Gasteiger partial charge >= 0.3 is 6.01 Å². The molecular weight excluding hydrogens is 344 g/mol. The van der Waals surface area contributed by atoms with Gasteiger partial charge in [-0.05, 0) is 55.7 Å². The molecule has 1 aromatic heterocycles. The van der Waals surface area contributed by atoms with E-state index in [1.807, 2.05) is 30.0 Å². The third-order valence-electron chi connectivity index (χ3n) is 6.17. The second-order valence-corrected chi connectivity index (χ2v) is 8.02. The molecule has 5 rings (SSSR count). The van der Waals surface area contributed by atoms with Crippen molar-refractivity contribution >= 4 is 11.9 Å². The molecule has 1 spiro atoms. The van der Waals surface area contributed by atoms with Gasteiger partial charge in [0, 0.05) is 25.1 Å². The van der Waals surface area contributed by atoms with Gasteiger partial charge in [0.05, 0.1) is 6.61 Å². The highest BCUT2D eigenvalue weighted by atomic mass is 16.5. The number of nitrogens with one attached hydrogen (secondary N) is 1. The van der Waals surface area contributed by atoms with Gasteiger partial charge in [-0.15, -0.1) is 5.10 Å². The number of anilines is 1. The number of nitrogens with zero attached hydrogens (tertiary/aromatic N) is 3. The van der Waals surface area contributed by atoms with Gasteiger partial charge in [-0.1, -0.05) is 11.2 Å². The zero-order valence-corrected chi connectivity index (χ0v) is 15.5. The summed E-state index contributed by atoms with van der Waals surface area (Å²) in [6.07, 6.45) is 5.87. The normalized spacial score (nSPS) is 20.9. The number of carbonyl (C=O) groups excluding carboxylic acids is 1. The van der Waals surface area contributed by atoms with Crippen LogP contribution in [0.2, 0.25) is 0 Å². The van der Waals surface area contributed by atoms with Crippen molar-refractivity contribution in [3.05, 3.63) is 23.8 Å². The van der Waals surface area contributed by atoms with Crippen LogP contribution in [0.5, 0.6) is 5.75 Å². The van der Waals surface area contributed by atoms with Gasteiger partial charge in [-0.25, -0.2) is 0 Å². The van der Waals surface area contributed by atoms with E-state index in [0.717, 1.165) is 43.7 Å². The maximum absolute atomic E-state index is 12.7. The quantitative estimate of drug-likeness (QED) is 0.894. The monoisotopic (exact) mass is 368 g/mol. The Bertz CT molecular complexity index is 864. The zero-order valence-electron chi connectivity index (χ0n) is 15.5. The van der Waals surface area contributed by atoms with Gasteiger partial charge in [0.2, 0.25) is 11.8 Å². The number of benzene rings is 1. The maximum atomic E-state index is 12.7. The number of ether oxygens (including phenoxy) is 1. The molecule has 1 N–H and O–H groups in total. The first-order chi connectivity index (χ1) is 13.1. The van der Waals surface area contributed by atoms with Crippen LogP contribution in [0.4, 0.5) is 6.01 Å². The Labute approximate surface area is 158 Å². The number of piperidine rings is 1. The van der Waals surface area contributed by atoms with Gasteiger partial charge in [0.25, 0.3) is 0 Å². The second kappa shape index (κ2) is 6.25. The van der Waals surface area contributed by atoms with E-state index in [1.165, 1.54) is 18.4 Å². The highest BCUT2D eigenvalue weighted by molar-refractivity contribution is 5.83. The SMILES string of the molecule is C[C@H](Nc1nnc(-c2ccc3c(c2)OCC3)o1)C(=O)N1CCC2(CC1)CC2. The van der Waals surface area contributed by atoms with Crippen LogP contribution in [0.3, 0.4) is 0 Å². The highest BCUT2D eigenvalue weighted by Gasteiger charge is 2.45. The lowest BCUT2D eigenvalue weighted by Crippen LogP contribution is -2.45. The predicted molar refractivity (Wildman–Crippen MR) is 99.5 cm³/mol. The fourth-order valence-electron chi connectivity index (χ4n) is 4.10. The van der Waals surface area contributed by atoms with E-state index < -0.39 is 6.04 Å². The number of hydrogen-bond donors (Lipinski definition) is 1. The number of hydrogen-bond acceptors (Lipinski definition) is 6. The second-order valence-electron chi connectivity index (χ2n) is 8.02. The van der Waals surface area contributed by atoms with E-state index >= 15 is 0 Å². The summed E-state index contributed by atoms with van der Waals surface area (Å²) < 4.78 is 11.3. The van der Waals surface area contributed by atoms with Crippen LogP contribution in [-0.4, -0.2) is 46.7 Å². The predicted octanol–water partition coefficient (Wildman–Crippen LogP) is 2.87. The molecule has 0 radical (unpaired) electrons. The molecule has 1 amide bonds. The Kier molecular flexibility index (Phi) is 3.84. The standard InChI is InChI=1S/C20H24N4O3/c1-13(18(25)24-9-7-20(5-6-20)8-10-24)21-19-23-22-17(27-19)15-3-2-14-4-11-26-16(14)12-15/h2-3,12-13H,4-11H2,1H3,(H,21,23)/t13-/m0/s1. The third kappa shape index (κ3) is 3.15. The molecule has 2 fully saturated rings. The van der Waals surface area contributed by atoms with E-state index in [9.17, 15) is 4.79 Å². The molecule has 1 saturated carbocycles. The van der Waals surface area contributed by atoms with Crippen molar-refractivity contribution in [3.63, 3.8) is 0 Å². The molecule has 1 saturated heterocycles. The number of aromatic nitrogens is 2. The summed E-state index contributed by atoms with van der Waals surface area (Å²) in [5.41, 5.74) is 2.58. The van der Waals surface area contributed by atoms with E-state index in [-0.39, 0.29) is 11.9 Å². The number of fused-ring (bicyclic) bond motifs is 1. The Morgan fingerprint density at radius 2 is 2.04 bits per heavy atom. The average molecular weight is 368 g/mol. The molecule has 3 aliphatic rings. The molecule has 0 unspecified atom stereocenters. The van der Waals surface area contributed by atoms with E-state index in [4.69, 9.17) is 9.15 Å². The fourth-order valence-corrected chi connectivity index (χ4v) is 4.10. The first-order valence-electron chi connectivity index (χ1n) is 9.77. The van der Waals surface area contributed by atoms with Crippen molar-refractivity contribution in [2.75, 3.05) is 25.0 Å². The molecule has 27 heavy (non-hydrogen) atoms. The number of rotatable bonds is 4. The summed E-state index contributed by atoms with van der Waals surface area (Å²) in [6, 6.07) is 5.79. The topological polar surface area (TPSA) is 80.5 Å². The summed E-state index contributed by atoms with van der Waals surface area (Å²) in [5, 5.41) is 11.2. The van der Waals surface area contributed by atoms with Crippen molar-refractivity contribution in [1.82, 2.24) is 15.1 Å². The molecule has 7 nitrogen and oxygen atoms in total. The molecule has 0 bridgehead atoms. The summed E-state index contributed by atoms with van der Waals surface area (Å²) in [6.45, 7) is 4.27. The maximum Gasteiger partial charge on any atom is 0.316 e. The number of carbonyl (C=O) groups is 1. The molecule has 2 aromatic rings. The summed E-state index contributed by atoms with van der Waals surface area (Å²) >= 11 is 0. The Morgan fingerprint density at radius 3 is 2.81 bits per heavy atom. The van der Waals surface area contributed by atoms with Crippen molar-refractivity contribution < 1.29 is 13.9 Å².